The molecule has 2 aromatic rings. The van der Waals surface area contributed by atoms with Gasteiger partial charge in [0.05, 0.1) is 15.6 Å². The van der Waals surface area contributed by atoms with E-state index in [2.05, 4.69) is 10.9 Å². The predicted octanol–water partition coefficient (Wildman–Crippen LogP) is 3.22. The summed E-state index contributed by atoms with van der Waals surface area (Å²) in [5.41, 5.74) is 4.83. The molecule has 0 aromatic heterocycles. The minimum atomic E-state index is -0.846. The van der Waals surface area contributed by atoms with Crippen LogP contribution in [0, 0.1) is 0 Å². The first-order valence-corrected chi connectivity index (χ1v) is 7.50. The van der Waals surface area contributed by atoms with Gasteiger partial charge in [0, 0.05) is 0 Å². The summed E-state index contributed by atoms with van der Waals surface area (Å²) in [6.07, 6.45) is -0.846. The lowest BCUT2D eigenvalue weighted by Crippen LogP contribution is -2.47. The Kier molecular flexibility index (Phi) is 5.84. The van der Waals surface area contributed by atoms with Crippen LogP contribution in [0.15, 0.2) is 48.5 Å². The smallest absolute Gasteiger partial charge is 0.279 e. The third-order valence-electron chi connectivity index (χ3n) is 2.93. The fourth-order valence-corrected chi connectivity index (χ4v) is 2.12. The quantitative estimate of drug-likeness (QED) is 0.830. The maximum Gasteiger partial charge on any atom is 0.279 e. The molecule has 120 valence electrons. The third kappa shape index (κ3) is 4.61. The summed E-state index contributed by atoms with van der Waals surface area (Å²) in [7, 11) is 0. The van der Waals surface area contributed by atoms with Gasteiger partial charge in [-0.25, -0.2) is 0 Å². The van der Waals surface area contributed by atoms with Crippen LogP contribution in [0.5, 0.6) is 5.75 Å². The topological polar surface area (TPSA) is 67.4 Å². The molecule has 2 amide bonds. The number of rotatable bonds is 4. The van der Waals surface area contributed by atoms with E-state index in [-0.39, 0.29) is 5.56 Å². The zero-order chi connectivity index (χ0) is 16.8. The van der Waals surface area contributed by atoms with Gasteiger partial charge in [0.2, 0.25) is 0 Å². The van der Waals surface area contributed by atoms with Gasteiger partial charge in [0.15, 0.2) is 6.10 Å². The van der Waals surface area contributed by atoms with Crippen molar-refractivity contribution in [3.8, 4) is 5.75 Å². The molecule has 2 rings (SSSR count). The summed E-state index contributed by atoms with van der Waals surface area (Å²) in [6.45, 7) is 1.54. The summed E-state index contributed by atoms with van der Waals surface area (Å²) in [4.78, 5) is 23.9. The van der Waals surface area contributed by atoms with Gasteiger partial charge in [-0.1, -0.05) is 47.5 Å². The lowest BCUT2D eigenvalue weighted by molar-refractivity contribution is -0.128. The van der Waals surface area contributed by atoms with E-state index in [4.69, 9.17) is 27.9 Å². The Hall–Kier alpha value is -2.24. The number of amides is 2. The number of ether oxygens (including phenoxy) is 1. The van der Waals surface area contributed by atoms with E-state index in [1.807, 2.05) is 0 Å². The lowest BCUT2D eigenvalue weighted by Gasteiger charge is -2.16. The van der Waals surface area contributed by atoms with Gasteiger partial charge in [0.1, 0.15) is 5.75 Å². The average molecular weight is 353 g/mol. The van der Waals surface area contributed by atoms with E-state index in [1.165, 1.54) is 0 Å². The average Bonchev–Trinajstić information content (AvgIpc) is 2.54. The number of benzene rings is 2. The van der Waals surface area contributed by atoms with Crippen molar-refractivity contribution in [3.63, 3.8) is 0 Å². The van der Waals surface area contributed by atoms with Crippen molar-refractivity contribution in [2.24, 2.45) is 0 Å². The SMILES string of the molecule is CC(Oc1ccccc1Cl)C(=O)NNC(=O)c1ccccc1Cl. The van der Waals surface area contributed by atoms with Crippen molar-refractivity contribution in [1.29, 1.82) is 0 Å². The zero-order valence-electron chi connectivity index (χ0n) is 12.2. The molecule has 0 fully saturated rings. The van der Waals surface area contributed by atoms with Crippen LogP contribution in [-0.4, -0.2) is 17.9 Å². The van der Waals surface area contributed by atoms with Gasteiger partial charge in [0.25, 0.3) is 11.8 Å². The number of hydrogen-bond acceptors (Lipinski definition) is 3. The number of nitrogens with one attached hydrogen (secondary N) is 2. The number of hydrazine groups is 1. The molecule has 0 heterocycles. The molecule has 0 aliphatic rings. The van der Waals surface area contributed by atoms with Crippen molar-refractivity contribution < 1.29 is 14.3 Å². The molecule has 7 heteroatoms. The molecule has 0 aliphatic carbocycles. The Bertz CT molecular complexity index is 722. The van der Waals surface area contributed by atoms with Crippen molar-refractivity contribution >= 4 is 35.0 Å². The molecule has 2 aromatic carbocycles. The fraction of sp³-hybridized carbons (Fsp3) is 0.125. The summed E-state index contributed by atoms with van der Waals surface area (Å²) in [5, 5.41) is 0.687. The molecule has 0 saturated carbocycles. The van der Waals surface area contributed by atoms with Crippen LogP contribution in [0.1, 0.15) is 17.3 Å². The van der Waals surface area contributed by atoms with E-state index in [9.17, 15) is 9.59 Å². The van der Waals surface area contributed by atoms with E-state index in [0.717, 1.165) is 0 Å². The minimum absolute atomic E-state index is 0.258. The maximum absolute atomic E-state index is 12.0. The van der Waals surface area contributed by atoms with Crippen LogP contribution in [0.3, 0.4) is 0 Å². The second-order valence-electron chi connectivity index (χ2n) is 4.61. The van der Waals surface area contributed by atoms with Crippen LogP contribution < -0.4 is 15.6 Å². The van der Waals surface area contributed by atoms with Gasteiger partial charge >= 0.3 is 0 Å². The third-order valence-corrected chi connectivity index (χ3v) is 3.57. The Labute approximate surface area is 143 Å². The van der Waals surface area contributed by atoms with Gasteiger partial charge in [-0.05, 0) is 31.2 Å². The molecular formula is C16H14Cl2N2O3. The summed E-state index contributed by atoms with van der Waals surface area (Å²) < 4.78 is 5.45. The summed E-state index contributed by atoms with van der Waals surface area (Å²) in [5.74, 6) is -0.659. The first-order valence-electron chi connectivity index (χ1n) is 6.75. The fourth-order valence-electron chi connectivity index (χ4n) is 1.72. The van der Waals surface area contributed by atoms with Crippen molar-refractivity contribution in [1.82, 2.24) is 10.9 Å². The van der Waals surface area contributed by atoms with Crippen LogP contribution in [0.2, 0.25) is 10.0 Å². The Morgan fingerprint density at radius 2 is 1.57 bits per heavy atom. The van der Waals surface area contributed by atoms with E-state index >= 15 is 0 Å². The molecule has 0 aliphatic heterocycles. The highest BCUT2D eigenvalue weighted by molar-refractivity contribution is 6.33. The Balaban J connectivity index is 1.91. The van der Waals surface area contributed by atoms with Crippen LogP contribution in [0.4, 0.5) is 0 Å². The summed E-state index contributed by atoms with van der Waals surface area (Å²) >= 11 is 11.9. The molecule has 1 unspecified atom stereocenters. The van der Waals surface area contributed by atoms with E-state index in [1.54, 1.807) is 55.5 Å². The minimum Gasteiger partial charge on any atom is -0.479 e. The van der Waals surface area contributed by atoms with E-state index < -0.39 is 17.9 Å². The molecule has 1 atom stereocenters. The normalized spacial score (nSPS) is 11.4. The molecule has 0 spiro atoms. The molecular weight excluding hydrogens is 339 g/mol. The van der Waals surface area contributed by atoms with Crippen molar-refractivity contribution in [3.05, 3.63) is 64.1 Å². The number of carbonyl (C=O) groups is 2. The second kappa shape index (κ2) is 7.85. The lowest BCUT2D eigenvalue weighted by atomic mass is 10.2. The molecule has 0 radical (unpaired) electrons. The van der Waals surface area contributed by atoms with Gasteiger partial charge in [-0.3, -0.25) is 20.4 Å². The highest BCUT2D eigenvalue weighted by Crippen LogP contribution is 2.24. The van der Waals surface area contributed by atoms with Gasteiger partial charge in [-0.15, -0.1) is 0 Å². The highest BCUT2D eigenvalue weighted by atomic mass is 35.5. The zero-order valence-corrected chi connectivity index (χ0v) is 13.7. The summed E-state index contributed by atoms with van der Waals surface area (Å²) in [6, 6.07) is 13.3. The number of halogens is 2. The van der Waals surface area contributed by atoms with E-state index in [0.29, 0.717) is 15.8 Å². The first kappa shape index (κ1) is 17.1. The monoisotopic (exact) mass is 352 g/mol. The number of hydrogen-bond donors (Lipinski definition) is 2. The Morgan fingerprint density at radius 1 is 0.957 bits per heavy atom. The molecule has 2 N–H and O–H groups in total. The maximum atomic E-state index is 12.0. The van der Waals surface area contributed by atoms with Crippen LogP contribution in [-0.2, 0) is 4.79 Å². The van der Waals surface area contributed by atoms with Gasteiger partial charge in [-0.2, -0.15) is 0 Å². The van der Waals surface area contributed by atoms with Crippen LogP contribution >= 0.6 is 23.2 Å². The first-order chi connectivity index (χ1) is 11.0. The molecule has 0 saturated heterocycles. The molecule has 23 heavy (non-hydrogen) atoms. The number of para-hydroxylation sites is 1. The molecule has 0 bridgehead atoms. The number of carbonyl (C=O) groups excluding carboxylic acids is 2. The predicted molar refractivity (Wildman–Crippen MR) is 88.6 cm³/mol. The molecule has 5 nitrogen and oxygen atoms in total. The largest absolute Gasteiger partial charge is 0.479 e. The van der Waals surface area contributed by atoms with Gasteiger partial charge < -0.3 is 4.74 Å². The standard InChI is InChI=1S/C16H14Cl2N2O3/c1-10(23-14-9-5-4-8-13(14)18)15(21)19-20-16(22)11-6-2-3-7-12(11)17/h2-10H,1H3,(H,19,21)(H,20,22). The highest BCUT2D eigenvalue weighted by Gasteiger charge is 2.17. The van der Waals surface area contributed by atoms with Crippen LogP contribution in [0.25, 0.3) is 0 Å². The van der Waals surface area contributed by atoms with Crippen molar-refractivity contribution in [2.45, 2.75) is 13.0 Å². The van der Waals surface area contributed by atoms with Crippen molar-refractivity contribution in [2.75, 3.05) is 0 Å². The Morgan fingerprint density at radius 3 is 2.22 bits per heavy atom. The second-order valence-corrected chi connectivity index (χ2v) is 5.43.